The van der Waals surface area contributed by atoms with Gasteiger partial charge in [-0.2, -0.15) is 4.31 Å². The van der Waals surface area contributed by atoms with Crippen LogP contribution in [0, 0.1) is 5.82 Å². The molecule has 0 saturated carbocycles. The Kier molecular flexibility index (Phi) is 7.68. The maximum absolute atomic E-state index is 15.4. The van der Waals surface area contributed by atoms with Crippen LogP contribution in [0.4, 0.5) is 16.0 Å². The minimum Gasteiger partial charge on any atom is -0.340 e. The number of hydrogen-bond donors (Lipinski definition) is 0. The fourth-order valence-corrected chi connectivity index (χ4v) is 7.85. The molecule has 0 N–H and O–H groups in total. The van der Waals surface area contributed by atoms with Crippen LogP contribution in [-0.2, 0) is 31.6 Å². The number of carbonyl (C=O) groups excluding carboxylic acids is 2. The molecule has 228 valence electrons. The van der Waals surface area contributed by atoms with Gasteiger partial charge in [0, 0.05) is 73.1 Å². The summed E-state index contributed by atoms with van der Waals surface area (Å²) in [5.41, 5.74) is -0.0353. The first kappa shape index (κ1) is 30.1. The fourth-order valence-electron chi connectivity index (χ4n) is 5.73. The van der Waals surface area contributed by atoms with Gasteiger partial charge in [0.15, 0.2) is 5.03 Å². The summed E-state index contributed by atoms with van der Waals surface area (Å²) in [6.45, 7) is 3.65. The number of carbonyl (C=O) groups is 2. The minimum atomic E-state index is -4.18. The molecule has 4 heterocycles. The van der Waals surface area contributed by atoms with E-state index < -0.39 is 27.3 Å². The van der Waals surface area contributed by atoms with E-state index in [1.54, 1.807) is 24.0 Å². The number of rotatable bonds is 6. The molecule has 1 saturated heterocycles. The standard InChI is InChI=1S/C29H26Cl2FN7O4S/c1-18(40)36-5-7-37(8-6-36)44(42,43)26-16-35-28-38(23-11-21(30)10-22(31)12-23)27(41)29(2,39(26)28)13-19-3-4-24(25(32)9-19)20-14-33-17-34-15-20/h3-4,9-12,14-17H,5-8,13H2,1-2H3. The van der Waals surface area contributed by atoms with Crippen LogP contribution in [0.2, 0.25) is 10.0 Å². The number of benzene rings is 2. The molecule has 1 fully saturated rings. The Bertz CT molecular complexity index is 1880. The number of aromatic nitrogens is 4. The van der Waals surface area contributed by atoms with Gasteiger partial charge < -0.3 is 4.90 Å². The van der Waals surface area contributed by atoms with Crippen LogP contribution in [0.25, 0.3) is 11.1 Å². The Morgan fingerprint density at radius 1 is 1.00 bits per heavy atom. The van der Waals surface area contributed by atoms with Crippen molar-refractivity contribution in [3.05, 3.63) is 82.7 Å². The van der Waals surface area contributed by atoms with Gasteiger partial charge in [0.1, 0.15) is 17.7 Å². The largest absolute Gasteiger partial charge is 0.340 e. The number of sulfonamides is 1. The first-order chi connectivity index (χ1) is 20.9. The molecule has 0 aliphatic carbocycles. The van der Waals surface area contributed by atoms with Gasteiger partial charge in [0.2, 0.25) is 11.9 Å². The van der Waals surface area contributed by atoms with Crippen molar-refractivity contribution in [3.63, 3.8) is 0 Å². The number of hydrogen-bond acceptors (Lipinski definition) is 7. The van der Waals surface area contributed by atoms with E-state index in [0.717, 1.165) is 0 Å². The second kappa shape index (κ2) is 11.2. The molecule has 2 amide bonds. The molecule has 2 aromatic carbocycles. The second-order valence-corrected chi connectivity index (χ2v) is 13.6. The Labute approximate surface area is 262 Å². The highest BCUT2D eigenvalue weighted by atomic mass is 35.5. The zero-order valence-corrected chi connectivity index (χ0v) is 25.9. The summed E-state index contributed by atoms with van der Waals surface area (Å²) in [5, 5.41) is 0.338. The number of fused-ring (bicyclic) bond motifs is 1. The summed E-state index contributed by atoms with van der Waals surface area (Å²) < 4.78 is 46.1. The third kappa shape index (κ3) is 5.13. The van der Waals surface area contributed by atoms with E-state index in [4.69, 9.17) is 23.2 Å². The Hall–Kier alpha value is -3.91. The predicted octanol–water partition coefficient (Wildman–Crippen LogP) is 4.28. The lowest BCUT2D eigenvalue weighted by atomic mass is 9.91. The maximum atomic E-state index is 15.4. The van der Waals surface area contributed by atoms with E-state index in [1.165, 1.54) is 69.9 Å². The molecule has 0 bridgehead atoms. The van der Waals surface area contributed by atoms with Gasteiger partial charge in [0.25, 0.3) is 15.9 Å². The van der Waals surface area contributed by atoms with Gasteiger partial charge in [0.05, 0.1) is 11.9 Å². The highest BCUT2D eigenvalue weighted by Gasteiger charge is 2.52. The predicted molar refractivity (Wildman–Crippen MR) is 162 cm³/mol. The molecule has 0 spiro atoms. The van der Waals surface area contributed by atoms with Crippen molar-refractivity contribution in [2.24, 2.45) is 0 Å². The summed E-state index contributed by atoms with van der Waals surface area (Å²) in [6, 6.07) is 9.13. The Balaban J connectivity index is 1.44. The maximum Gasteiger partial charge on any atom is 0.260 e. The quantitative estimate of drug-likeness (QED) is 0.303. The molecule has 15 heteroatoms. The monoisotopic (exact) mass is 657 g/mol. The number of halogens is 3. The first-order valence-corrected chi connectivity index (χ1v) is 15.8. The topological polar surface area (TPSA) is 122 Å². The Morgan fingerprint density at radius 2 is 1.66 bits per heavy atom. The highest BCUT2D eigenvalue weighted by Crippen LogP contribution is 2.45. The van der Waals surface area contributed by atoms with Gasteiger partial charge in [-0.1, -0.05) is 35.3 Å². The van der Waals surface area contributed by atoms with Crippen LogP contribution < -0.4 is 4.90 Å². The van der Waals surface area contributed by atoms with E-state index in [1.807, 2.05) is 0 Å². The number of nitrogens with zero attached hydrogens (tertiary/aromatic N) is 7. The Morgan fingerprint density at radius 3 is 2.27 bits per heavy atom. The smallest absolute Gasteiger partial charge is 0.260 e. The summed E-state index contributed by atoms with van der Waals surface area (Å²) >= 11 is 12.5. The van der Waals surface area contributed by atoms with Crippen molar-refractivity contribution in [1.82, 2.24) is 28.7 Å². The molecular weight excluding hydrogens is 632 g/mol. The highest BCUT2D eigenvalue weighted by molar-refractivity contribution is 7.89. The number of anilines is 2. The average molecular weight is 659 g/mol. The van der Waals surface area contributed by atoms with E-state index in [-0.39, 0.29) is 65.1 Å². The van der Waals surface area contributed by atoms with Gasteiger partial charge in [-0.25, -0.2) is 32.7 Å². The summed E-state index contributed by atoms with van der Waals surface area (Å²) in [6.07, 6.45) is 5.48. The van der Waals surface area contributed by atoms with E-state index in [0.29, 0.717) is 16.8 Å². The van der Waals surface area contributed by atoms with E-state index in [9.17, 15) is 18.0 Å². The molecule has 6 rings (SSSR count). The van der Waals surface area contributed by atoms with Gasteiger partial charge in [-0.05, 0) is 36.8 Å². The molecule has 2 aliphatic heterocycles. The number of amides is 2. The SMILES string of the molecule is CC(=O)N1CCN(S(=O)(=O)c2cnc3n2C(C)(Cc2ccc(-c4cncnc4)c(F)c2)C(=O)N3c2cc(Cl)cc(Cl)c2)CC1. The second-order valence-electron chi connectivity index (χ2n) is 10.8. The van der Waals surface area contributed by atoms with Crippen molar-refractivity contribution in [3.8, 4) is 11.1 Å². The van der Waals surface area contributed by atoms with E-state index >= 15 is 4.39 Å². The molecule has 44 heavy (non-hydrogen) atoms. The first-order valence-electron chi connectivity index (χ1n) is 13.6. The summed E-state index contributed by atoms with van der Waals surface area (Å²) in [5.74, 6) is -1.14. The van der Waals surface area contributed by atoms with Gasteiger partial charge in [-0.15, -0.1) is 0 Å². The molecule has 11 nitrogen and oxygen atoms in total. The number of imidazole rings is 1. The van der Waals surface area contributed by atoms with Gasteiger partial charge in [-0.3, -0.25) is 14.2 Å². The van der Waals surface area contributed by atoms with Crippen LogP contribution in [0.3, 0.4) is 0 Å². The molecule has 2 aromatic heterocycles. The third-order valence-corrected chi connectivity index (χ3v) is 10.2. The zero-order chi connectivity index (χ0) is 31.4. The number of piperazine rings is 1. The molecule has 4 aromatic rings. The zero-order valence-electron chi connectivity index (χ0n) is 23.6. The minimum absolute atomic E-state index is 0.0512. The van der Waals surface area contributed by atoms with Crippen LogP contribution in [-0.4, -0.2) is 75.1 Å². The van der Waals surface area contributed by atoms with Crippen LogP contribution >= 0.6 is 23.2 Å². The van der Waals surface area contributed by atoms with E-state index in [2.05, 4.69) is 15.0 Å². The van der Waals surface area contributed by atoms with Crippen LogP contribution in [0.5, 0.6) is 0 Å². The third-order valence-electron chi connectivity index (χ3n) is 7.92. The normalized spacial score (nSPS) is 19.0. The fraction of sp³-hybridized carbons (Fsp3) is 0.276. The van der Waals surface area contributed by atoms with Crippen molar-refractivity contribution in [2.75, 3.05) is 31.1 Å². The van der Waals surface area contributed by atoms with Crippen LogP contribution in [0.1, 0.15) is 19.4 Å². The van der Waals surface area contributed by atoms with Crippen molar-refractivity contribution < 1.29 is 22.4 Å². The van der Waals surface area contributed by atoms with Crippen molar-refractivity contribution in [1.29, 1.82) is 0 Å². The average Bonchev–Trinajstić information content (AvgIpc) is 3.51. The molecule has 0 radical (unpaired) electrons. The molecular formula is C29H26Cl2FN7O4S. The van der Waals surface area contributed by atoms with Crippen LogP contribution in [0.15, 0.2) is 66.3 Å². The molecule has 2 aliphatic rings. The van der Waals surface area contributed by atoms with Crippen molar-refractivity contribution >= 4 is 56.7 Å². The summed E-state index contributed by atoms with van der Waals surface area (Å²) in [7, 11) is -4.18. The van der Waals surface area contributed by atoms with Gasteiger partial charge >= 0.3 is 0 Å². The lowest BCUT2D eigenvalue weighted by Crippen LogP contribution is -2.50. The molecule has 1 unspecified atom stereocenters. The lowest BCUT2D eigenvalue weighted by Gasteiger charge is -2.34. The summed E-state index contributed by atoms with van der Waals surface area (Å²) in [4.78, 5) is 41.3. The molecule has 1 atom stereocenters. The van der Waals surface area contributed by atoms with Crippen molar-refractivity contribution in [2.45, 2.75) is 30.8 Å². The lowest BCUT2D eigenvalue weighted by molar-refractivity contribution is -0.130.